The van der Waals surface area contributed by atoms with E-state index in [1.54, 1.807) is 0 Å². The smallest absolute Gasteiger partial charge is 0.124 e. The molecule has 0 spiro atoms. The van der Waals surface area contributed by atoms with Gasteiger partial charge in [-0.25, -0.2) is 0 Å². The Morgan fingerprint density at radius 3 is 2.80 bits per heavy atom. The number of ether oxygens (including phenoxy) is 2. The van der Waals surface area contributed by atoms with Gasteiger partial charge in [0.15, 0.2) is 0 Å². The third-order valence-electron chi connectivity index (χ3n) is 3.63. The van der Waals surface area contributed by atoms with Crippen molar-refractivity contribution >= 4 is 0 Å². The molecule has 1 N–H and O–H groups in total. The predicted molar refractivity (Wildman–Crippen MR) is 82.2 cm³/mol. The highest BCUT2D eigenvalue weighted by molar-refractivity contribution is 5.35. The van der Waals surface area contributed by atoms with E-state index in [1.807, 2.05) is 6.07 Å². The van der Waals surface area contributed by atoms with Crippen LogP contribution in [0.5, 0.6) is 5.75 Å². The van der Waals surface area contributed by atoms with E-state index in [9.17, 15) is 0 Å². The zero-order chi connectivity index (χ0) is 14.4. The average molecular weight is 277 g/mol. The van der Waals surface area contributed by atoms with Gasteiger partial charge in [-0.05, 0) is 31.7 Å². The third kappa shape index (κ3) is 4.50. The summed E-state index contributed by atoms with van der Waals surface area (Å²) in [6.45, 7) is 9.11. The van der Waals surface area contributed by atoms with Crippen LogP contribution in [-0.4, -0.2) is 25.9 Å². The largest absolute Gasteiger partial charge is 0.493 e. The first-order valence-corrected chi connectivity index (χ1v) is 7.73. The van der Waals surface area contributed by atoms with Crippen LogP contribution in [0, 0.1) is 5.92 Å². The minimum Gasteiger partial charge on any atom is -0.493 e. The third-order valence-corrected chi connectivity index (χ3v) is 3.63. The second-order valence-corrected chi connectivity index (χ2v) is 6.01. The molecule has 112 valence electrons. The number of hydrogen-bond acceptors (Lipinski definition) is 3. The van der Waals surface area contributed by atoms with Gasteiger partial charge in [0, 0.05) is 24.8 Å². The lowest BCUT2D eigenvalue weighted by Crippen LogP contribution is -2.29. The molecular weight excluding hydrogens is 250 g/mol. The number of rotatable bonds is 7. The Bertz CT molecular complexity index is 400. The Balaban J connectivity index is 1.91. The Kier molecular flexibility index (Phi) is 5.86. The van der Waals surface area contributed by atoms with E-state index in [2.05, 4.69) is 44.3 Å². The molecule has 2 atom stereocenters. The molecule has 3 nitrogen and oxygen atoms in total. The van der Waals surface area contributed by atoms with E-state index in [1.165, 1.54) is 18.4 Å². The predicted octanol–water partition coefficient (Wildman–Crippen LogP) is 3.55. The molecule has 1 aliphatic heterocycles. The van der Waals surface area contributed by atoms with Gasteiger partial charge in [0.1, 0.15) is 5.75 Å². The molecule has 3 heteroatoms. The molecule has 2 unspecified atom stereocenters. The second kappa shape index (κ2) is 7.65. The van der Waals surface area contributed by atoms with Gasteiger partial charge in [-0.3, -0.25) is 0 Å². The maximum atomic E-state index is 5.92. The van der Waals surface area contributed by atoms with Crippen molar-refractivity contribution in [3.8, 4) is 5.75 Å². The van der Waals surface area contributed by atoms with Crippen LogP contribution in [0.15, 0.2) is 24.3 Å². The lowest BCUT2D eigenvalue weighted by Gasteiger charge is -2.20. The zero-order valence-corrected chi connectivity index (χ0v) is 12.9. The fraction of sp³-hybridized carbons (Fsp3) is 0.647. The highest BCUT2D eigenvalue weighted by Crippen LogP contribution is 2.25. The fourth-order valence-corrected chi connectivity index (χ4v) is 2.45. The molecule has 1 aliphatic rings. The zero-order valence-electron chi connectivity index (χ0n) is 12.9. The summed E-state index contributed by atoms with van der Waals surface area (Å²) in [7, 11) is 0. The van der Waals surface area contributed by atoms with Gasteiger partial charge in [0.25, 0.3) is 0 Å². The molecule has 0 amide bonds. The molecule has 2 rings (SSSR count). The van der Waals surface area contributed by atoms with Crippen molar-refractivity contribution in [2.45, 2.75) is 45.8 Å². The molecule has 0 saturated carbocycles. The van der Waals surface area contributed by atoms with Crippen LogP contribution in [0.25, 0.3) is 0 Å². The number of benzene rings is 1. The van der Waals surface area contributed by atoms with Crippen LogP contribution in [0.3, 0.4) is 0 Å². The first-order valence-electron chi connectivity index (χ1n) is 7.73. The van der Waals surface area contributed by atoms with Gasteiger partial charge in [-0.2, -0.15) is 0 Å². The Labute approximate surface area is 122 Å². The molecule has 1 aromatic rings. The summed E-state index contributed by atoms with van der Waals surface area (Å²) < 4.78 is 11.6. The van der Waals surface area contributed by atoms with Crippen molar-refractivity contribution in [1.82, 2.24) is 5.32 Å². The number of para-hydroxylation sites is 1. The Morgan fingerprint density at radius 2 is 2.10 bits per heavy atom. The van der Waals surface area contributed by atoms with Gasteiger partial charge in [-0.1, -0.05) is 32.0 Å². The van der Waals surface area contributed by atoms with Gasteiger partial charge >= 0.3 is 0 Å². The standard InChI is InChI=1S/C17H27NO2/c1-13(2)12-20-17-9-5-4-8-16(17)14(3)18-11-15-7-6-10-19-15/h4-5,8-9,13-15,18H,6-7,10-12H2,1-3H3. The Hall–Kier alpha value is -1.06. The van der Waals surface area contributed by atoms with Gasteiger partial charge in [-0.15, -0.1) is 0 Å². The van der Waals surface area contributed by atoms with E-state index < -0.39 is 0 Å². The maximum Gasteiger partial charge on any atom is 0.124 e. The molecule has 1 saturated heterocycles. The van der Waals surface area contributed by atoms with Crippen LogP contribution in [-0.2, 0) is 4.74 Å². The normalized spacial score (nSPS) is 20.3. The van der Waals surface area contributed by atoms with Crippen molar-refractivity contribution in [3.05, 3.63) is 29.8 Å². The molecule has 0 radical (unpaired) electrons. The van der Waals surface area contributed by atoms with Crippen molar-refractivity contribution in [3.63, 3.8) is 0 Å². The molecule has 1 fully saturated rings. The molecule has 0 aromatic heterocycles. The van der Waals surface area contributed by atoms with Crippen LogP contribution in [0.4, 0.5) is 0 Å². The summed E-state index contributed by atoms with van der Waals surface area (Å²) in [5.74, 6) is 1.53. The van der Waals surface area contributed by atoms with Gasteiger partial charge in [0.05, 0.1) is 12.7 Å². The van der Waals surface area contributed by atoms with E-state index in [0.29, 0.717) is 12.0 Å². The molecule has 1 heterocycles. The van der Waals surface area contributed by atoms with Gasteiger partial charge < -0.3 is 14.8 Å². The van der Waals surface area contributed by atoms with Crippen molar-refractivity contribution in [2.75, 3.05) is 19.8 Å². The summed E-state index contributed by atoms with van der Waals surface area (Å²) in [5, 5.41) is 3.56. The Morgan fingerprint density at radius 1 is 1.30 bits per heavy atom. The lowest BCUT2D eigenvalue weighted by molar-refractivity contribution is 0.108. The molecular formula is C17H27NO2. The highest BCUT2D eigenvalue weighted by Gasteiger charge is 2.17. The number of nitrogens with one attached hydrogen (secondary N) is 1. The monoisotopic (exact) mass is 277 g/mol. The van der Waals surface area contributed by atoms with Crippen LogP contribution in [0.1, 0.15) is 45.2 Å². The van der Waals surface area contributed by atoms with Crippen molar-refractivity contribution in [1.29, 1.82) is 0 Å². The van der Waals surface area contributed by atoms with Crippen molar-refractivity contribution < 1.29 is 9.47 Å². The fourth-order valence-electron chi connectivity index (χ4n) is 2.45. The molecule has 0 bridgehead atoms. The van der Waals surface area contributed by atoms with E-state index in [0.717, 1.165) is 25.5 Å². The minimum atomic E-state index is 0.280. The molecule has 0 aliphatic carbocycles. The summed E-state index contributed by atoms with van der Waals surface area (Å²) in [6, 6.07) is 8.58. The van der Waals surface area contributed by atoms with Crippen LogP contribution in [0.2, 0.25) is 0 Å². The van der Waals surface area contributed by atoms with E-state index in [4.69, 9.17) is 9.47 Å². The number of hydrogen-bond donors (Lipinski definition) is 1. The minimum absolute atomic E-state index is 0.280. The highest BCUT2D eigenvalue weighted by atomic mass is 16.5. The molecule has 1 aromatic carbocycles. The second-order valence-electron chi connectivity index (χ2n) is 6.01. The maximum absolute atomic E-state index is 5.92. The van der Waals surface area contributed by atoms with Gasteiger partial charge in [0.2, 0.25) is 0 Å². The SMILES string of the molecule is CC(C)COc1ccccc1C(C)NCC1CCCO1. The topological polar surface area (TPSA) is 30.5 Å². The van der Waals surface area contributed by atoms with E-state index >= 15 is 0 Å². The summed E-state index contributed by atoms with van der Waals surface area (Å²) in [4.78, 5) is 0. The summed E-state index contributed by atoms with van der Waals surface area (Å²) in [5.41, 5.74) is 1.23. The summed E-state index contributed by atoms with van der Waals surface area (Å²) >= 11 is 0. The lowest BCUT2D eigenvalue weighted by atomic mass is 10.1. The van der Waals surface area contributed by atoms with Crippen LogP contribution >= 0.6 is 0 Å². The first-order chi connectivity index (χ1) is 9.66. The van der Waals surface area contributed by atoms with Crippen molar-refractivity contribution in [2.24, 2.45) is 5.92 Å². The quantitative estimate of drug-likeness (QED) is 0.826. The first kappa shape index (κ1) is 15.3. The summed E-state index contributed by atoms with van der Waals surface area (Å²) in [6.07, 6.45) is 2.74. The average Bonchev–Trinajstić information content (AvgIpc) is 2.96. The van der Waals surface area contributed by atoms with Crippen LogP contribution < -0.4 is 10.1 Å². The molecule has 20 heavy (non-hydrogen) atoms. The van der Waals surface area contributed by atoms with E-state index in [-0.39, 0.29) is 6.04 Å².